The van der Waals surface area contributed by atoms with E-state index in [9.17, 15) is 9.90 Å². The van der Waals surface area contributed by atoms with Gasteiger partial charge in [-0.25, -0.2) is 0 Å². The SMILES string of the molecule is CC1=C(C[C@]23CCC[C@H]4C[C@@H](C)C[C@@H]([C@@H](CO)C2)N43)C[C@@H]2CCC(=O)c3ccc1n32. The summed E-state index contributed by atoms with van der Waals surface area (Å²) in [4.78, 5) is 15.3. The monoisotopic (exact) mass is 408 g/mol. The highest BCUT2D eigenvalue weighted by Crippen LogP contribution is 2.56. The molecule has 0 unspecified atom stereocenters. The Morgan fingerprint density at radius 3 is 2.83 bits per heavy atom. The Bertz CT molecular complexity index is 914. The molecule has 3 saturated heterocycles. The summed E-state index contributed by atoms with van der Waals surface area (Å²) in [6, 6.07) is 6.01. The fraction of sp³-hybridized carbons (Fsp3) is 0.731. The summed E-state index contributed by atoms with van der Waals surface area (Å²) in [6.45, 7) is 5.06. The molecule has 0 aromatic carbocycles. The molecule has 6 rings (SSSR count). The molecular weight excluding hydrogens is 372 g/mol. The van der Waals surface area contributed by atoms with Crippen LogP contribution in [-0.2, 0) is 0 Å². The van der Waals surface area contributed by atoms with Crippen LogP contribution in [-0.4, -0.2) is 44.6 Å². The molecule has 5 aliphatic rings. The molecule has 0 saturated carbocycles. The van der Waals surface area contributed by atoms with E-state index in [1.165, 1.54) is 56.2 Å². The number of carbonyl (C=O) groups excluding carboxylic acids is 1. The van der Waals surface area contributed by atoms with Gasteiger partial charge in [-0.1, -0.05) is 18.9 Å². The zero-order valence-electron chi connectivity index (χ0n) is 18.6. The van der Waals surface area contributed by atoms with Gasteiger partial charge in [0.05, 0.1) is 5.69 Å². The van der Waals surface area contributed by atoms with Gasteiger partial charge in [0.2, 0.25) is 0 Å². The minimum atomic E-state index is 0.250. The lowest BCUT2D eigenvalue weighted by atomic mass is 9.73. The van der Waals surface area contributed by atoms with Gasteiger partial charge in [-0.2, -0.15) is 0 Å². The van der Waals surface area contributed by atoms with E-state index in [4.69, 9.17) is 0 Å². The molecule has 0 amide bonds. The Morgan fingerprint density at radius 1 is 1.17 bits per heavy atom. The third kappa shape index (κ3) is 2.62. The first-order chi connectivity index (χ1) is 14.5. The quantitative estimate of drug-likeness (QED) is 0.767. The van der Waals surface area contributed by atoms with Crippen LogP contribution in [0, 0.1) is 11.8 Å². The number of aliphatic hydroxyl groups excluding tert-OH is 1. The highest BCUT2D eigenvalue weighted by atomic mass is 16.3. The maximum atomic E-state index is 12.4. The summed E-state index contributed by atoms with van der Waals surface area (Å²) < 4.78 is 2.35. The molecule has 6 atom stereocenters. The number of aromatic nitrogens is 1. The molecule has 5 aliphatic heterocycles. The van der Waals surface area contributed by atoms with Crippen LogP contribution in [0.4, 0.5) is 0 Å². The number of rotatable bonds is 3. The van der Waals surface area contributed by atoms with Crippen molar-refractivity contribution in [2.75, 3.05) is 6.61 Å². The van der Waals surface area contributed by atoms with Crippen molar-refractivity contribution in [3.63, 3.8) is 0 Å². The molecule has 1 aromatic rings. The summed E-state index contributed by atoms with van der Waals surface area (Å²) >= 11 is 0. The van der Waals surface area contributed by atoms with Crippen molar-refractivity contribution in [2.24, 2.45) is 11.8 Å². The van der Waals surface area contributed by atoms with Crippen molar-refractivity contribution >= 4 is 11.4 Å². The number of nitrogens with zero attached hydrogens (tertiary/aromatic N) is 2. The molecule has 4 heteroatoms. The standard InChI is InChI=1S/C26H36N2O2/c1-16-10-21-4-3-9-26(14-19(15-29)24(11-16)28(21)26)13-18-12-20-5-8-25(30)23-7-6-22(17(18)2)27(20)23/h6-7,16,19-21,24,29H,3-5,8-15H2,1-2H3/t16-,19-,20+,21+,24+,26-/m1/s1. The predicted molar refractivity (Wildman–Crippen MR) is 118 cm³/mol. The topological polar surface area (TPSA) is 45.5 Å². The second kappa shape index (κ2) is 6.80. The van der Waals surface area contributed by atoms with Crippen LogP contribution in [0.15, 0.2) is 17.7 Å². The third-order valence-electron chi connectivity index (χ3n) is 9.43. The normalized spacial score (nSPS) is 40.5. The van der Waals surface area contributed by atoms with E-state index < -0.39 is 0 Å². The first-order valence-corrected chi connectivity index (χ1v) is 12.3. The van der Waals surface area contributed by atoms with Crippen molar-refractivity contribution in [3.8, 4) is 0 Å². The van der Waals surface area contributed by atoms with E-state index in [0.717, 1.165) is 30.5 Å². The van der Waals surface area contributed by atoms with Crippen LogP contribution in [0.3, 0.4) is 0 Å². The van der Waals surface area contributed by atoms with Gasteiger partial charge in [0.25, 0.3) is 0 Å². The van der Waals surface area contributed by atoms with Crippen molar-refractivity contribution in [3.05, 3.63) is 29.1 Å². The minimum absolute atomic E-state index is 0.250. The second-order valence-electron chi connectivity index (χ2n) is 11.2. The smallest absolute Gasteiger partial charge is 0.179 e. The summed E-state index contributed by atoms with van der Waals surface area (Å²) in [5.41, 5.74) is 5.51. The Balaban J connectivity index is 1.38. The number of aliphatic hydroxyl groups is 1. The Hall–Kier alpha value is -1.39. The largest absolute Gasteiger partial charge is 0.396 e. The van der Waals surface area contributed by atoms with Crippen LogP contribution >= 0.6 is 0 Å². The maximum absolute atomic E-state index is 12.4. The lowest BCUT2D eigenvalue weighted by Gasteiger charge is -2.54. The summed E-state index contributed by atoms with van der Waals surface area (Å²) in [7, 11) is 0. The number of hydrogen-bond donors (Lipinski definition) is 1. The number of allylic oxidation sites excluding steroid dienone is 1. The van der Waals surface area contributed by atoms with Crippen molar-refractivity contribution in [1.82, 2.24) is 9.47 Å². The summed E-state index contributed by atoms with van der Waals surface area (Å²) in [5.74, 6) is 1.55. The molecular formula is C26H36N2O2. The molecule has 1 N–H and O–H groups in total. The van der Waals surface area contributed by atoms with Gasteiger partial charge in [-0.15, -0.1) is 0 Å². The zero-order chi connectivity index (χ0) is 20.6. The molecule has 1 aromatic heterocycles. The average Bonchev–Trinajstić information content (AvgIpc) is 3.30. The summed E-state index contributed by atoms with van der Waals surface area (Å²) in [5, 5.41) is 10.3. The third-order valence-corrected chi connectivity index (χ3v) is 9.43. The van der Waals surface area contributed by atoms with Crippen LogP contribution < -0.4 is 0 Å². The van der Waals surface area contributed by atoms with Crippen molar-refractivity contribution in [1.29, 1.82) is 0 Å². The van der Waals surface area contributed by atoms with Crippen molar-refractivity contribution < 1.29 is 9.90 Å². The second-order valence-corrected chi connectivity index (χ2v) is 11.2. The van der Waals surface area contributed by atoms with Crippen LogP contribution in [0.2, 0.25) is 0 Å². The van der Waals surface area contributed by atoms with Gasteiger partial charge in [0.1, 0.15) is 0 Å². The van der Waals surface area contributed by atoms with Gasteiger partial charge in [0, 0.05) is 42.4 Å². The minimum Gasteiger partial charge on any atom is -0.396 e. The predicted octanol–water partition coefficient (Wildman–Crippen LogP) is 4.98. The van der Waals surface area contributed by atoms with Gasteiger partial charge in [-0.05, 0) is 87.8 Å². The first kappa shape index (κ1) is 19.3. The van der Waals surface area contributed by atoms with Crippen LogP contribution in [0.5, 0.6) is 0 Å². The first-order valence-electron chi connectivity index (χ1n) is 12.3. The lowest BCUT2D eigenvalue weighted by molar-refractivity contribution is -0.0383. The Morgan fingerprint density at radius 2 is 2.00 bits per heavy atom. The van der Waals surface area contributed by atoms with Gasteiger partial charge >= 0.3 is 0 Å². The molecule has 4 nitrogen and oxygen atoms in total. The van der Waals surface area contributed by atoms with Crippen LogP contribution in [0.1, 0.15) is 100 Å². The lowest BCUT2D eigenvalue weighted by Crippen LogP contribution is -2.59. The van der Waals surface area contributed by atoms with E-state index in [0.29, 0.717) is 36.8 Å². The van der Waals surface area contributed by atoms with E-state index in [1.54, 1.807) is 5.57 Å². The fourth-order valence-electron chi connectivity index (χ4n) is 8.30. The molecule has 0 spiro atoms. The Labute approximate surface area is 180 Å². The zero-order valence-corrected chi connectivity index (χ0v) is 18.6. The number of carbonyl (C=O) groups is 1. The molecule has 0 radical (unpaired) electrons. The number of ketones is 1. The number of hydrogen-bond acceptors (Lipinski definition) is 3. The van der Waals surface area contributed by atoms with Crippen molar-refractivity contribution in [2.45, 2.75) is 102 Å². The van der Waals surface area contributed by atoms with E-state index in [1.807, 2.05) is 0 Å². The highest BCUT2D eigenvalue weighted by molar-refractivity contribution is 5.96. The van der Waals surface area contributed by atoms with E-state index >= 15 is 0 Å². The van der Waals surface area contributed by atoms with E-state index in [2.05, 4.69) is 35.4 Å². The summed E-state index contributed by atoms with van der Waals surface area (Å²) in [6.07, 6.45) is 11.7. The molecule has 30 heavy (non-hydrogen) atoms. The average molecular weight is 409 g/mol. The van der Waals surface area contributed by atoms with Crippen LogP contribution in [0.25, 0.3) is 5.57 Å². The molecule has 0 bridgehead atoms. The molecule has 3 fully saturated rings. The maximum Gasteiger partial charge on any atom is 0.179 e. The number of piperidine rings is 2. The molecule has 0 aliphatic carbocycles. The Kier molecular flexibility index (Phi) is 4.38. The van der Waals surface area contributed by atoms with Gasteiger partial charge < -0.3 is 9.67 Å². The molecule has 6 heterocycles. The van der Waals surface area contributed by atoms with Gasteiger partial charge in [-0.3, -0.25) is 9.69 Å². The fourth-order valence-corrected chi connectivity index (χ4v) is 8.30. The number of Topliss-reactive ketones (excluding diaryl/α,β-unsaturated/α-hetero) is 1. The molecule has 162 valence electrons. The van der Waals surface area contributed by atoms with Gasteiger partial charge in [0.15, 0.2) is 5.78 Å². The van der Waals surface area contributed by atoms with E-state index in [-0.39, 0.29) is 5.54 Å². The highest BCUT2D eigenvalue weighted by Gasteiger charge is 2.57.